The van der Waals surface area contributed by atoms with Crippen LogP contribution < -0.4 is 0 Å². The Kier molecular flexibility index (Phi) is 5.88. The molecule has 0 spiro atoms. The highest BCUT2D eigenvalue weighted by Crippen LogP contribution is 2.32. The van der Waals surface area contributed by atoms with Gasteiger partial charge in [0.1, 0.15) is 6.17 Å². The van der Waals surface area contributed by atoms with E-state index in [1.54, 1.807) is 20.8 Å². The van der Waals surface area contributed by atoms with Crippen molar-refractivity contribution in [2.45, 2.75) is 45.8 Å². The average Bonchev–Trinajstić information content (AvgIpc) is 2.46. The van der Waals surface area contributed by atoms with E-state index in [9.17, 15) is 23.1 Å². The number of allylic oxidation sites excluding steroid dienone is 3. The highest BCUT2D eigenvalue weighted by molar-refractivity contribution is 8.13. The van der Waals surface area contributed by atoms with Crippen molar-refractivity contribution in [1.29, 1.82) is 0 Å². The number of aliphatic hydroxyl groups is 1. The largest absolute Gasteiger partial charge is 0.356 e. The van der Waals surface area contributed by atoms with Gasteiger partial charge in [-0.05, 0) is 38.7 Å². The third-order valence-electron chi connectivity index (χ3n) is 3.86. The smallest absolute Gasteiger partial charge is 0.349 e. The quantitative estimate of drug-likeness (QED) is 0.817. The highest BCUT2D eigenvalue weighted by Gasteiger charge is 2.42. The summed E-state index contributed by atoms with van der Waals surface area (Å²) < 4.78 is 40.8. The summed E-state index contributed by atoms with van der Waals surface area (Å²) in [6.07, 6.45) is -1.68. The first-order valence-electron chi connectivity index (χ1n) is 7.94. The van der Waals surface area contributed by atoms with Gasteiger partial charge in [0.25, 0.3) is 0 Å². The number of rotatable bonds is 3. The number of thioether (sulfide) groups is 1. The van der Waals surface area contributed by atoms with E-state index >= 15 is 0 Å². The van der Waals surface area contributed by atoms with Crippen molar-refractivity contribution in [2.24, 2.45) is 10.9 Å². The molecule has 1 aliphatic heterocycles. The molecule has 0 saturated carbocycles. The molecule has 140 valence electrons. The van der Waals surface area contributed by atoms with Gasteiger partial charge in [-0.15, -0.1) is 0 Å². The number of urea groups is 1. The maximum atomic E-state index is 14.1. The number of amidine groups is 1. The van der Waals surface area contributed by atoms with Gasteiger partial charge in [-0.25, -0.2) is 18.0 Å². The standard InChI is InChI=1S/C16H22F3N3O2S/c1-5-25-14-20-13(23)22(16(2,3)4)15(24)21(14)8-9-6-11(18)12(19)7-10(9)17/h6-7,9-10,15,24H,5,8H2,1-4H3. The lowest BCUT2D eigenvalue weighted by Crippen LogP contribution is -2.62. The van der Waals surface area contributed by atoms with Crippen molar-refractivity contribution >= 4 is 23.0 Å². The minimum atomic E-state index is -1.74. The number of hydrogen-bond acceptors (Lipinski definition) is 4. The van der Waals surface area contributed by atoms with Gasteiger partial charge in [0.15, 0.2) is 16.8 Å². The van der Waals surface area contributed by atoms with Crippen LogP contribution in [0.15, 0.2) is 28.8 Å². The Bertz CT molecular complexity index is 631. The molecule has 0 aromatic carbocycles. The van der Waals surface area contributed by atoms with Gasteiger partial charge < -0.3 is 10.0 Å². The van der Waals surface area contributed by atoms with E-state index < -0.39 is 41.7 Å². The molecule has 3 atom stereocenters. The van der Waals surface area contributed by atoms with E-state index in [0.29, 0.717) is 11.8 Å². The number of halogens is 3. The Labute approximate surface area is 149 Å². The van der Waals surface area contributed by atoms with Crippen molar-refractivity contribution in [3.05, 3.63) is 23.8 Å². The second kappa shape index (κ2) is 7.41. The molecule has 2 rings (SSSR count). The maximum Gasteiger partial charge on any atom is 0.349 e. The first-order chi connectivity index (χ1) is 11.6. The van der Waals surface area contributed by atoms with Gasteiger partial charge in [0, 0.05) is 18.0 Å². The third kappa shape index (κ3) is 4.20. The van der Waals surface area contributed by atoms with Crippen molar-refractivity contribution < 1.29 is 23.1 Å². The third-order valence-corrected chi connectivity index (χ3v) is 4.73. The predicted molar refractivity (Wildman–Crippen MR) is 92.0 cm³/mol. The molecule has 0 bridgehead atoms. The first-order valence-corrected chi connectivity index (χ1v) is 8.93. The molecule has 0 fully saturated rings. The molecule has 9 heteroatoms. The van der Waals surface area contributed by atoms with Crippen LogP contribution in [0.1, 0.15) is 27.7 Å². The molecule has 5 nitrogen and oxygen atoms in total. The number of aliphatic imine (C=N–C) groups is 1. The zero-order valence-electron chi connectivity index (χ0n) is 14.5. The van der Waals surface area contributed by atoms with Crippen LogP contribution in [0.2, 0.25) is 0 Å². The van der Waals surface area contributed by atoms with Crippen LogP contribution in [-0.2, 0) is 0 Å². The lowest BCUT2D eigenvalue weighted by atomic mass is 9.97. The van der Waals surface area contributed by atoms with Crippen LogP contribution in [0.5, 0.6) is 0 Å². The second-order valence-corrected chi connectivity index (χ2v) is 8.02. The van der Waals surface area contributed by atoms with E-state index in [1.165, 1.54) is 21.6 Å². The van der Waals surface area contributed by atoms with E-state index in [2.05, 4.69) is 4.99 Å². The molecule has 0 aromatic rings. The number of carbonyl (C=O) groups is 1. The van der Waals surface area contributed by atoms with Crippen LogP contribution in [0.25, 0.3) is 0 Å². The Morgan fingerprint density at radius 2 is 1.88 bits per heavy atom. The molecule has 1 aliphatic carbocycles. The average molecular weight is 377 g/mol. The first kappa shape index (κ1) is 19.8. The van der Waals surface area contributed by atoms with Gasteiger partial charge in [-0.2, -0.15) is 4.99 Å². The van der Waals surface area contributed by atoms with E-state index in [4.69, 9.17) is 0 Å². The second-order valence-electron chi connectivity index (χ2n) is 6.79. The normalized spacial score (nSPS) is 27.9. The highest BCUT2D eigenvalue weighted by atomic mass is 32.2. The summed E-state index contributed by atoms with van der Waals surface area (Å²) in [7, 11) is 0. The number of hydrogen-bond donors (Lipinski definition) is 1. The van der Waals surface area contributed by atoms with E-state index in [0.717, 1.165) is 6.08 Å². The fourth-order valence-electron chi connectivity index (χ4n) is 2.67. The van der Waals surface area contributed by atoms with Gasteiger partial charge in [-0.1, -0.05) is 18.7 Å². The van der Waals surface area contributed by atoms with Crippen molar-refractivity contribution in [2.75, 3.05) is 12.3 Å². The zero-order chi connectivity index (χ0) is 18.9. The minimum absolute atomic E-state index is 0.148. The number of aliphatic hydroxyl groups excluding tert-OH is 1. The summed E-state index contributed by atoms with van der Waals surface area (Å²) >= 11 is 1.21. The molecule has 1 heterocycles. The minimum Gasteiger partial charge on any atom is -0.356 e. The monoisotopic (exact) mass is 377 g/mol. The van der Waals surface area contributed by atoms with Crippen molar-refractivity contribution in [1.82, 2.24) is 9.80 Å². The SMILES string of the molecule is CCSC1=NC(=O)N(C(C)(C)C)C(O)N1CC1C=C(F)C(F)=CC1F. The van der Waals surface area contributed by atoms with Crippen molar-refractivity contribution in [3.8, 4) is 0 Å². The molecular formula is C16H22F3N3O2S. The van der Waals surface area contributed by atoms with Crippen LogP contribution in [-0.4, -0.2) is 56.5 Å². The Morgan fingerprint density at radius 3 is 2.44 bits per heavy atom. The zero-order valence-corrected chi connectivity index (χ0v) is 15.4. The van der Waals surface area contributed by atoms with Gasteiger partial charge in [0.05, 0.1) is 0 Å². The molecule has 0 saturated heterocycles. The molecule has 2 aliphatic rings. The van der Waals surface area contributed by atoms with Crippen LogP contribution in [0, 0.1) is 5.92 Å². The predicted octanol–water partition coefficient (Wildman–Crippen LogP) is 3.58. The summed E-state index contributed by atoms with van der Waals surface area (Å²) in [5.74, 6) is -2.79. The number of amides is 2. The van der Waals surface area contributed by atoms with E-state index in [-0.39, 0.29) is 11.7 Å². The van der Waals surface area contributed by atoms with Crippen molar-refractivity contribution in [3.63, 3.8) is 0 Å². The summed E-state index contributed by atoms with van der Waals surface area (Å²) in [5, 5.41) is 10.9. The summed E-state index contributed by atoms with van der Waals surface area (Å²) in [4.78, 5) is 18.8. The van der Waals surface area contributed by atoms with Crippen LogP contribution >= 0.6 is 11.8 Å². The van der Waals surface area contributed by atoms with Crippen LogP contribution in [0.3, 0.4) is 0 Å². The summed E-state index contributed by atoms with van der Waals surface area (Å²) in [5.41, 5.74) is -0.727. The van der Waals surface area contributed by atoms with Gasteiger partial charge in [0.2, 0.25) is 6.35 Å². The Morgan fingerprint density at radius 1 is 1.28 bits per heavy atom. The van der Waals surface area contributed by atoms with Gasteiger partial charge in [-0.3, -0.25) is 4.90 Å². The molecule has 25 heavy (non-hydrogen) atoms. The molecule has 1 N–H and O–H groups in total. The Hall–Kier alpha value is -1.48. The summed E-state index contributed by atoms with van der Waals surface area (Å²) in [6.45, 7) is 6.89. The number of nitrogens with zero attached hydrogens (tertiary/aromatic N) is 3. The van der Waals surface area contributed by atoms with E-state index in [1.807, 2.05) is 6.92 Å². The number of alkyl halides is 1. The number of carbonyl (C=O) groups excluding carboxylic acids is 1. The lowest BCUT2D eigenvalue weighted by molar-refractivity contribution is -0.0957. The fraction of sp³-hybridized carbons (Fsp3) is 0.625. The summed E-state index contributed by atoms with van der Waals surface area (Å²) in [6, 6.07) is -0.597. The fourth-order valence-corrected chi connectivity index (χ4v) is 3.41. The van der Waals surface area contributed by atoms with Crippen LogP contribution in [0.4, 0.5) is 18.0 Å². The lowest BCUT2D eigenvalue weighted by Gasteiger charge is -2.46. The molecular weight excluding hydrogens is 355 g/mol. The molecule has 2 amide bonds. The Balaban J connectivity index is 2.32. The maximum absolute atomic E-state index is 14.1. The topological polar surface area (TPSA) is 56.1 Å². The molecule has 0 aromatic heterocycles. The van der Waals surface area contributed by atoms with Gasteiger partial charge >= 0.3 is 6.03 Å². The molecule has 0 radical (unpaired) electrons. The molecule has 3 unspecified atom stereocenters.